The first kappa shape index (κ1) is 16.4. The molecule has 0 fully saturated rings. The summed E-state index contributed by atoms with van der Waals surface area (Å²) in [5, 5.41) is 6.60. The highest BCUT2D eigenvalue weighted by Crippen LogP contribution is 2.06. The first-order valence-electron chi connectivity index (χ1n) is 7.37. The van der Waals surface area contributed by atoms with Crippen LogP contribution in [-0.2, 0) is 9.59 Å². The third-order valence-corrected chi connectivity index (χ3v) is 3.12. The molecule has 2 aromatic carbocycles. The summed E-state index contributed by atoms with van der Waals surface area (Å²) in [7, 11) is 0. The van der Waals surface area contributed by atoms with Crippen molar-refractivity contribution in [2.75, 3.05) is 5.32 Å². The molecule has 0 spiro atoms. The van der Waals surface area contributed by atoms with Crippen molar-refractivity contribution < 1.29 is 9.59 Å². The Hall–Kier alpha value is -2.95. The van der Waals surface area contributed by atoms with E-state index in [9.17, 15) is 9.59 Å². The highest BCUT2D eigenvalue weighted by molar-refractivity contribution is 5.93. The van der Waals surface area contributed by atoms with Gasteiger partial charge in [0.2, 0.25) is 11.8 Å². The van der Waals surface area contributed by atoms with E-state index in [4.69, 9.17) is 0 Å². The molecule has 0 heterocycles. The van der Waals surface area contributed by atoms with E-state index < -0.39 is 0 Å². The van der Waals surface area contributed by atoms with Crippen LogP contribution in [-0.4, -0.2) is 18.0 Å². The van der Waals surface area contributed by atoms with Crippen molar-refractivity contribution in [2.24, 2.45) is 5.10 Å². The number of aryl methyl sites for hydroxylation is 1. The minimum absolute atomic E-state index is 0.0872. The molecule has 5 heteroatoms. The number of rotatable bonds is 6. The summed E-state index contributed by atoms with van der Waals surface area (Å²) in [6.45, 7) is 2.00. The second kappa shape index (κ2) is 8.48. The van der Waals surface area contributed by atoms with Gasteiger partial charge in [-0.3, -0.25) is 9.59 Å². The van der Waals surface area contributed by atoms with Gasteiger partial charge in [0, 0.05) is 18.5 Å². The first-order valence-corrected chi connectivity index (χ1v) is 7.37. The number of hydrogen-bond acceptors (Lipinski definition) is 3. The molecule has 118 valence electrons. The van der Waals surface area contributed by atoms with Gasteiger partial charge in [-0.25, -0.2) is 5.43 Å². The lowest BCUT2D eigenvalue weighted by Crippen LogP contribution is -2.20. The van der Waals surface area contributed by atoms with Gasteiger partial charge in [0.05, 0.1) is 6.21 Å². The van der Waals surface area contributed by atoms with E-state index in [0.29, 0.717) is 0 Å². The lowest BCUT2D eigenvalue weighted by Gasteiger charge is -2.04. The Morgan fingerprint density at radius 1 is 0.957 bits per heavy atom. The number of hydrazone groups is 1. The van der Waals surface area contributed by atoms with E-state index >= 15 is 0 Å². The van der Waals surface area contributed by atoms with Crippen molar-refractivity contribution >= 4 is 23.7 Å². The Bertz CT molecular complexity index is 679. The molecular weight excluding hydrogens is 290 g/mol. The molecule has 0 aliphatic carbocycles. The molecule has 2 amide bonds. The van der Waals surface area contributed by atoms with Gasteiger partial charge in [-0.15, -0.1) is 0 Å². The second-order valence-corrected chi connectivity index (χ2v) is 5.12. The minimum Gasteiger partial charge on any atom is -0.326 e. The Balaban J connectivity index is 1.70. The average Bonchev–Trinajstić information content (AvgIpc) is 2.56. The molecule has 0 saturated carbocycles. The number of para-hydroxylation sites is 1. The third-order valence-electron chi connectivity index (χ3n) is 3.12. The number of carbonyl (C=O) groups excluding carboxylic acids is 2. The Kier molecular flexibility index (Phi) is 6.06. The van der Waals surface area contributed by atoms with Crippen LogP contribution in [0.25, 0.3) is 0 Å². The number of nitrogens with one attached hydrogen (secondary N) is 2. The van der Waals surface area contributed by atoms with Crippen LogP contribution in [0, 0.1) is 6.92 Å². The lowest BCUT2D eigenvalue weighted by molar-refractivity contribution is -0.124. The Labute approximate surface area is 135 Å². The van der Waals surface area contributed by atoms with Crippen molar-refractivity contribution in [1.82, 2.24) is 5.43 Å². The van der Waals surface area contributed by atoms with Gasteiger partial charge >= 0.3 is 0 Å². The number of carbonyl (C=O) groups is 2. The largest absolute Gasteiger partial charge is 0.326 e. The van der Waals surface area contributed by atoms with Crippen LogP contribution in [0.5, 0.6) is 0 Å². The predicted octanol–water partition coefficient (Wildman–Crippen LogP) is 2.86. The highest BCUT2D eigenvalue weighted by Gasteiger charge is 2.06. The fourth-order valence-electron chi connectivity index (χ4n) is 1.86. The number of hydrogen-bond donors (Lipinski definition) is 2. The zero-order valence-corrected chi connectivity index (χ0v) is 13.0. The fourth-order valence-corrected chi connectivity index (χ4v) is 1.86. The molecule has 0 aliphatic rings. The predicted molar refractivity (Wildman–Crippen MR) is 91.2 cm³/mol. The summed E-state index contributed by atoms with van der Waals surface area (Å²) in [6.07, 6.45) is 1.77. The summed E-state index contributed by atoms with van der Waals surface area (Å²) in [5.41, 5.74) is 5.20. The Morgan fingerprint density at radius 3 is 2.30 bits per heavy atom. The van der Waals surface area contributed by atoms with E-state index in [1.165, 1.54) is 0 Å². The molecule has 0 unspecified atom stereocenters. The van der Waals surface area contributed by atoms with E-state index in [-0.39, 0.29) is 24.7 Å². The van der Waals surface area contributed by atoms with Crippen molar-refractivity contribution in [1.29, 1.82) is 0 Å². The maximum Gasteiger partial charge on any atom is 0.240 e. The smallest absolute Gasteiger partial charge is 0.240 e. The summed E-state index contributed by atoms with van der Waals surface area (Å²) in [5.74, 6) is -0.495. The summed E-state index contributed by atoms with van der Waals surface area (Å²) in [4.78, 5) is 23.4. The van der Waals surface area contributed by atoms with Gasteiger partial charge in [-0.1, -0.05) is 48.0 Å². The summed E-state index contributed by atoms with van der Waals surface area (Å²) in [6, 6.07) is 16.9. The first-order chi connectivity index (χ1) is 11.1. The van der Waals surface area contributed by atoms with Crippen LogP contribution in [0.4, 0.5) is 5.69 Å². The lowest BCUT2D eigenvalue weighted by atomic mass is 10.2. The second-order valence-electron chi connectivity index (χ2n) is 5.12. The van der Waals surface area contributed by atoms with Crippen LogP contribution in [0.1, 0.15) is 24.0 Å². The minimum atomic E-state index is -0.295. The molecule has 0 atom stereocenters. The van der Waals surface area contributed by atoms with E-state index in [2.05, 4.69) is 15.8 Å². The maximum absolute atomic E-state index is 11.7. The summed E-state index contributed by atoms with van der Waals surface area (Å²) >= 11 is 0. The average molecular weight is 309 g/mol. The number of amides is 2. The van der Waals surface area contributed by atoms with E-state index in [0.717, 1.165) is 16.8 Å². The van der Waals surface area contributed by atoms with Crippen LogP contribution < -0.4 is 10.7 Å². The van der Waals surface area contributed by atoms with Crippen LogP contribution in [0.2, 0.25) is 0 Å². The fraction of sp³-hybridized carbons (Fsp3) is 0.167. The molecule has 2 aromatic rings. The van der Waals surface area contributed by atoms with Gasteiger partial charge in [0.1, 0.15) is 0 Å². The van der Waals surface area contributed by atoms with Crippen LogP contribution in [0.15, 0.2) is 59.7 Å². The van der Waals surface area contributed by atoms with Crippen molar-refractivity contribution in [3.05, 3.63) is 65.7 Å². The summed E-state index contributed by atoms with van der Waals surface area (Å²) < 4.78 is 0. The van der Waals surface area contributed by atoms with Gasteiger partial charge in [-0.2, -0.15) is 5.10 Å². The topological polar surface area (TPSA) is 70.6 Å². The number of anilines is 1. The highest BCUT2D eigenvalue weighted by atomic mass is 16.2. The van der Waals surface area contributed by atoms with Crippen LogP contribution >= 0.6 is 0 Å². The normalized spacial score (nSPS) is 10.5. The third kappa shape index (κ3) is 6.13. The standard InChI is InChI=1S/C18H19N3O2/c1-14-7-9-15(10-8-14)13-19-21-18(23)12-11-17(22)20-16-5-3-2-4-6-16/h2-10,13H,11-12H2,1H3,(H,20,22)(H,21,23)/b19-13-. The van der Waals surface area contributed by atoms with Gasteiger partial charge in [0.25, 0.3) is 0 Å². The molecule has 0 bridgehead atoms. The van der Waals surface area contributed by atoms with Gasteiger partial charge in [0.15, 0.2) is 0 Å². The molecule has 23 heavy (non-hydrogen) atoms. The molecule has 0 saturated heterocycles. The number of benzene rings is 2. The molecule has 2 rings (SSSR count). The van der Waals surface area contributed by atoms with Gasteiger partial charge < -0.3 is 5.32 Å². The quantitative estimate of drug-likeness (QED) is 0.636. The van der Waals surface area contributed by atoms with E-state index in [1.807, 2.05) is 49.4 Å². The van der Waals surface area contributed by atoms with Gasteiger partial charge in [-0.05, 0) is 24.6 Å². The zero-order valence-electron chi connectivity index (χ0n) is 13.0. The number of nitrogens with zero attached hydrogens (tertiary/aromatic N) is 1. The maximum atomic E-state index is 11.7. The molecule has 0 aromatic heterocycles. The van der Waals surface area contributed by atoms with E-state index in [1.54, 1.807) is 18.3 Å². The van der Waals surface area contributed by atoms with Crippen LogP contribution in [0.3, 0.4) is 0 Å². The Morgan fingerprint density at radius 2 is 1.61 bits per heavy atom. The molecular formula is C18H19N3O2. The van der Waals surface area contributed by atoms with Crippen molar-refractivity contribution in [2.45, 2.75) is 19.8 Å². The van der Waals surface area contributed by atoms with Crippen molar-refractivity contribution in [3.8, 4) is 0 Å². The SMILES string of the molecule is Cc1ccc(/C=N\NC(=O)CCC(=O)Nc2ccccc2)cc1. The molecule has 0 radical (unpaired) electrons. The molecule has 5 nitrogen and oxygen atoms in total. The molecule has 0 aliphatic heterocycles. The molecule has 2 N–H and O–H groups in total. The van der Waals surface area contributed by atoms with Crippen molar-refractivity contribution in [3.63, 3.8) is 0 Å². The zero-order chi connectivity index (χ0) is 16.5. The monoisotopic (exact) mass is 309 g/mol.